The van der Waals surface area contributed by atoms with E-state index in [4.69, 9.17) is 13.6 Å². The summed E-state index contributed by atoms with van der Waals surface area (Å²) in [4.78, 5) is 0. The fourth-order valence-corrected chi connectivity index (χ4v) is 16.1. The number of hydrogen-bond donors (Lipinski definition) is 0. The van der Waals surface area contributed by atoms with E-state index in [0.29, 0.717) is 0 Å². The summed E-state index contributed by atoms with van der Waals surface area (Å²) in [6.07, 6.45) is 3.07. The van der Waals surface area contributed by atoms with Crippen molar-refractivity contribution < 1.29 is 13.6 Å². The van der Waals surface area contributed by atoms with Crippen LogP contribution in [-0.4, -0.2) is 34.9 Å². The van der Waals surface area contributed by atoms with E-state index < -0.39 is 16.6 Å². The Morgan fingerprint density at radius 1 is 0.512 bits per heavy atom. The van der Waals surface area contributed by atoms with Gasteiger partial charge in [-0.3, -0.25) is 0 Å². The van der Waals surface area contributed by atoms with E-state index in [-0.39, 0.29) is 28.4 Å². The van der Waals surface area contributed by atoms with E-state index in [1.165, 1.54) is 20.7 Å². The van der Waals surface area contributed by atoms with Crippen molar-refractivity contribution in [3.63, 3.8) is 0 Å². The Kier molecular flexibility index (Phi) is 9.00. The third kappa shape index (κ3) is 5.84. The first-order valence-corrected chi connectivity index (χ1v) is 19.2. The first kappa shape index (κ1) is 31.2. The van der Waals surface area contributed by atoms with Crippen molar-refractivity contribution in [1.82, 2.24) is 0 Å². The summed E-state index contributed by atoms with van der Waals surface area (Å²) in [6, 6.07) is 43.3. The second-order valence-corrected chi connectivity index (χ2v) is 22.2. The zero-order valence-corrected chi connectivity index (χ0v) is 28.7. The lowest BCUT2D eigenvalue weighted by Gasteiger charge is -2.50. The lowest BCUT2D eigenvalue weighted by Crippen LogP contribution is -2.72. The first-order valence-electron chi connectivity index (χ1n) is 15.4. The molecule has 5 rings (SSSR count). The van der Waals surface area contributed by atoms with Gasteiger partial charge in [-0.05, 0) is 43.8 Å². The third-order valence-electron chi connectivity index (χ3n) is 8.81. The zero-order valence-electron chi connectivity index (χ0n) is 26.7. The van der Waals surface area contributed by atoms with Gasteiger partial charge >= 0.3 is 0 Å². The second kappa shape index (κ2) is 12.4. The fourth-order valence-electron chi connectivity index (χ4n) is 6.76. The Hall–Kier alpha value is -3.23. The van der Waals surface area contributed by atoms with E-state index in [2.05, 4.69) is 176 Å². The minimum atomic E-state index is -2.88. The summed E-state index contributed by atoms with van der Waals surface area (Å²) in [6.45, 7) is 16.1. The molecule has 3 atom stereocenters. The van der Waals surface area contributed by atoms with Crippen LogP contribution in [0.4, 0.5) is 0 Å². The molecule has 0 aromatic heterocycles. The van der Waals surface area contributed by atoms with Crippen molar-refractivity contribution in [3.05, 3.63) is 134 Å². The van der Waals surface area contributed by atoms with Crippen LogP contribution in [0.1, 0.15) is 48.5 Å². The van der Waals surface area contributed by atoms with Gasteiger partial charge in [-0.15, -0.1) is 0 Å². The predicted molar refractivity (Wildman–Crippen MR) is 185 cm³/mol. The van der Waals surface area contributed by atoms with Gasteiger partial charge in [0.25, 0.3) is 16.6 Å². The van der Waals surface area contributed by atoms with Gasteiger partial charge in [-0.1, -0.05) is 163 Å². The van der Waals surface area contributed by atoms with Crippen LogP contribution in [0.5, 0.6) is 0 Å². The first-order chi connectivity index (χ1) is 20.5. The summed E-state index contributed by atoms with van der Waals surface area (Å²) in [5, 5.41) is 4.68. The molecule has 1 heterocycles. The molecule has 1 aliphatic heterocycles. The van der Waals surface area contributed by atoms with Crippen molar-refractivity contribution in [1.29, 1.82) is 0 Å². The fraction of sp³-hybridized carbons (Fsp3) is 0.316. The van der Waals surface area contributed by atoms with Gasteiger partial charge < -0.3 is 13.6 Å². The Morgan fingerprint density at radius 2 is 0.837 bits per heavy atom. The quantitative estimate of drug-likeness (QED) is 0.206. The van der Waals surface area contributed by atoms with Gasteiger partial charge in [0.15, 0.2) is 0 Å². The average Bonchev–Trinajstić information content (AvgIpc) is 3.00. The van der Waals surface area contributed by atoms with Crippen LogP contribution < -0.4 is 20.7 Å². The number of ether oxygens (including phenoxy) is 1. The molecule has 0 saturated heterocycles. The molecule has 4 aromatic carbocycles. The molecule has 0 bridgehead atoms. The summed E-state index contributed by atoms with van der Waals surface area (Å²) in [5.74, 6) is 0. The Labute approximate surface area is 260 Å². The predicted octanol–water partition coefficient (Wildman–Crippen LogP) is 6.81. The van der Waals surface area contributed by atoms with Crippen molar-refractivity contribution in [3.8, 4) is 0 Å². The molecular formula is C38H46O3Si2. The smallest absolute Gasteiger partial charge is 0.262 e. The largest absolute Gasteiger partial charge is 0.496 e. The van der Waals surface area contributed by atoms with Crippen molar-refractivity contribution in [2.75, 3.05) is 0 Å². The molecule has 0 spiro atoms. The van der Waals surface area contributed by atoms with Gasteiger partial charge in [0, 0.05) is 0 Å². The molecule has 4 aromatic rings. The molecule has 0 unspecified atom stereocenters. The normalized spacial score (nSPS) is 19.6. The molecule has 0 N–H and O–H groups in total. The molecule has 0 radical (unpaired) electrons. The van der Waals surface area contributed by atoms with E-state index in [1.54, 1.807) is 0 Å². The maximum Gasteiger partial charge on any atom is 0.262 e. The highest BCUT2D eigenvalue weighted by molar-refractivity contribution is 7.00. The second-order valence-electron chi connectivity index (χ2n) is 13.7. The zero-order chi connectivity index (χ0) is 30.7. The Bertz CT molecular complexity index is 1400. The van der Waals surface area contributed by atoms with Crippen molar-refractivity contribution in [2.45, 2.75) is 76.9 Å². The standard InChI is InChI=1S/C38H46O3Si2/c1-30-36(41-43(38(5,6)7,33-24-16-10-17-25-33)34-26-18-11-19-27-34)35(28-29-39-30)40-42(37(2,3)4,31-20-12-8-13-21-31)32-22-14-9-15-23-32/h8-30,35-36H,1-7H3/t30-,35-,36-/m0/s1. The molecule has 0 aliphatic carbocycles. The van der Waals surface area contributed by atoms with Gasteiger partial charge in [0.05, 0.1) is 12.4 Å². The monoisotopic (exact) mass is 606 g/mol. The topological polar surface area (TPSA) is 27.7 Å². The van der Waals surface area contributed by atoms with Crippen LogP contribution in [-0.2, 0) is 13.6 Å². The van der Waals surface area contributed by atoms with Crippen LogP contribution in [0.2, 0.25) is 10.1 Å². The minimum absolute atomic E-state index is 0.160. The van der Waals surface area contributed by atoms with Crippen LogP contribution in [0.25, 0.3) is 0 Å². The SMILES string of the molecule is C[C@@H]1OC=C[C@H](O[Si](c2ccccc2)(c2ccccc2)C(C)(C)C)[C@H]1O[Si](c1ccccc1)(c1ccccc1)C(C)(C)C. The molecule has 5 heteroatoms. The molecule has 0 saturated carbocycles. The Balaban J connectivity index is 1.69. The molecular weight excluding hydrogens is 561 g/mol. The van der Waals surface area contributed by atoms with E-state index in [0.717, 1.165) is 0 Å². The number of rotatable bonds is 8. The van der Waals surface area contributed by atoms with Crippen LogP contribution in [0.3, 0.4) is 0 Å². The van der Waals surface area contributed by atoms with Crippen LogP contribution in [0, 0.1) is 0 Å². The third-order valence-corrected chi connectivity index (χ3v) is 18.9. The van der Waals surface area contributed by atoms with Crippen molar-refractivity contribution in [2.24, 2.45) is 0 Å². The highest BCUT2D eigenvalue weighted by atomic mass is 28.4. The summed E-state index contributed by atoms with van der Waals surface area (Å²) in [5.41, 5.74) is 0. The lowest BCUT2D eigenvalue weighted by molar-refractivity contribution is -0.0393. The average molecular weight is 607 g/mol. The summed E-state index contributed by atoms with van der Waals surface area (Å²) >= 11 is 0. The maximum absolute atomic E-state index is 7.73. The lowest BCUT2D eigenvalue weighted by atomic mass is 10.1. The van der Waals surface area contributed by atoms with E-state index >= 15 is 0 Å². The van der Waals surface area contributed by atoms with Crippen LogP contribution >= 0.6 is 0 Å². The highest BCUT2D eigenvalue weighted by Gasteiger charge is 2.56. The number of benzene rings is 4. The summed E-state index contributed by atoms with van der Waals surface area (Å²) in [7, 11) is -5.74. The van der Waals surface area contributed by atoms with Gasteiger partial charge in [-0.25, -0.2) is 0 Å². The van der Waals surface area contributed by atoms with Gasteiger partial charge in [0.1, 0.15) is 12.2 Å². The van der Waals surface area contributed by atoms with E-state index in [9.17, 15) is 0 Å². The van der Waals surface area contributed by atoms with Gasteiger partial charge in [-0.2, -0.15) is 0 Å². The maximum atomic E-state index is 7.73. The molecule has 3 nitrogen and oxygen atoms in total. The molecule has 0 amide bonds. The molecule has 224 valence electrons. The molecule has 43 heavy (non-hydrogen) atoms. The van der Waals surface area contributed by atoms with Crippen molar-refractivity contribution >= 4 is 37.4 Å². The summed E-state index contributed by atoms with van der Waals surface area (Å²) < 4.78 is 21.6. The molecule has 1 aliphatic rings. The van der Waals surface area contributed by atoms with E-state index in [1.807, 2.05) is 6.26 Å². The minimum Gasteiger partial charge on any atom is -0.496 e. The Morgan fingerprint density at radius 3 is 1.16 bits per heavy atom. The van der Waals surface area contributed by atoms with Gasteiger partial charge in [0.2, 0.25) is 0 Å². The van der Waals surface area contributed by atoms with Crippen LogP contribution in [0.15, 0.2) is 134 Å². The number of hydrogen-bond acceptors (Lipinski definition) is 3. The molecule has 0 fully saturated rings. The highest BCUT2D eigenvalue weighted by Crippen LogP contribution is 2.42.